The Morgan fingerprint density at radius 3 is 2.62 bits per heavy atom. The maximum atomic E-state index is 12.7. The van der Waals surface area contributed by atoms with Crippen molar-refractivity contribution in [1.29, 1.82) is 0 Å². The second-order valence-corrected chi connectivity index (χ2v) is 10.5. The molecule has 26 heavy (non-hydrogen) atoms. The number of nitrogens with one attached hydrogen (secondary N) is 3. The van der Waals surface area contributed by atoms with E-state index in [0.29, 0.717) is 28.2 Å². The number of nitrogens with zero attached hydrogens (tertiary/aromatic N) is 1. The minimum Gasteiger partial charge on any atom is -0.355 e. The number of aliphatic imine (C=N–C) groups is 1. The van der Waals surface area contributed by atoms with E-state index in [9.17, 15) is 8.42 Å². The van der Waals surface area contributed by atoms with Crippen molar-refractivity contribution in [2.75, 3.05) is 19.3 Å². The molecule has 0 saturated carbocycles. The van der Waals surface area contributed by atoms with Gasteiger partial charge in [-0.3, -0.25) is 4.99 Å². The van der Waals surface area contributed by atoms with Crippen LogP contribution in [-0.4, -0.2) is 44.5 Å². The molecule has 1 aliphatic heterocycles. The number of hydrogen-bond donors (Lipinski definition) is 3. The van der Waals surface area contributed by atoms with Gasteiger partial charge in [0.15, 0.2) is 5.96 Å². The zero-order chi connectivity index (χ0) is 19.2. The maximum absolute atomic E-state index is 12.7. The van der Waals surface area contributed by atoms with Gasteiger partial charge in [0.05, 0.1) is 4.90 Å². The summed E-state index contributed by atoms with van der Waals surface area (Å²) < 4.78 is 28.1. The van der Waals surface area contributed by atoms with Gasteiger partial charge in [-0.05, 0) is 51.0 Å². The highest BCUT2D eigenvalue weighted by Crippen LogP contribution is 2.25. The Bertz CT molecular complexity index is 721. The van der Waals surface area contributed by atoms with Gasteiger partial charge in [-0.1, -0.05) is 18.2 Å². The van der Waals surface area contributed by atoms with Crippen molar-refractivity contribution in [2.24, 2.45) is 4.99 Å². The number of hydrogen-bond acceptors (Lipinski definition) is 4. The van der Waals surface area contributed by atoms with E-state index < -0.39 is 15.6 Å². The fourth-order valence-electron chi connectivity index (χ4n) is 2.79. The monoisotopic (exact) mass is 398 g/mol. The van der Waals surface area contributed by atoms with Crippen LogP contribution in [0.4, 0.5) is 0 Å². The molecule has 0 bridgehead atoms. The van der Waals surface area contributed by atoms with Gasteiger partial charge in [0.1, 0.15) is 0 Å². The molecule has 0 spiro atoms. The van der Waals surface area contributed by atoms with Crippen molar-refractivity contribution in [2.45, 2.75) is 55.8 Å². The van der Waals surface area contributed by atoms with Gasteiger partial charge in [-0.15, -0.1) is 0 Å². The molecule has 6 nitrogen and oxygen atoms in total. The third kappa shape index (κ3) is 6.48. The van der Waals surface area contributed by atoms with Gasteiger partial charge in [0.2, 0.25) is 10.0 Å². The minimum atomic E-state index is -3.58. The van der Waals surface area contributed by atoms with Crippen LogP contribution in [0.1, 0.15) is 39.2 Å². The van der Waals surface area contributed by atoms with Crippen molar-refractivity contribution < 1.29 is 8.42 Å². The fourth-order valence-corrected chi connectivity index (χ4v) is 5.65. The Kier molecular flexibility index (Phi) is 7.37. The quantitative estimate of drug-likeness (QED) is 0.506. The van der Waals surface area contributed by atoms with E-state index in [0.717, 1.165) is 6.54 Å². The van der Waals surface area contributed by atoms with Crippen LogP contribution in [0.15, 0.2) is 34.2 Å². The summed E-state index contributed by atoms with van der Waals surface area (Å²) >= 11 is 1.99. The smallest absolute Gasteiger partial charge is 0.241 e. The summed E-state index contributed by atoms with van der Waals surface area (Å²) in [7, 11) is -1.86. The van der Waals surface area contributed by atoms with Crippen LogP contribution in [0.25, 0.3) is 0 Å². The van der Waals surface area contributed by atoms with E-state index in [1.807, 2.05) is 44.7 Å². The molecule has 1 aromatic carbocycles. The van der Waals surface area contributed by atoms with Crippen molar-refractivity contribution in [3.05, 3.63) is 29.8 Å². The summed E-state index contributed by atoms with van der Waals surface area (Å²) in [5, 5.41) is 7.18. The molecule has 1 unspecified atom stereocenters. The molecule has 1 fully saturated rings. The summed E-state index contributed by atoms with van der Waals surface area (Å²) in [5.74, 6) is 1.91. The van der Waals surface area contributed by atoms with Gasteiger partial charge in [0.25, 0.3) is 0 Å². The fraction of sp³-hybridized carbons (Fsp3) is 0.611. The molecule has 146 valence electrons. The van der Waals surface area contributed by atoms with Crippen LogP contribution in [0, 0.1) is 0 Å². The Labute approximate surface area is 161 Å². The number of guanidine groups is 1. The first-order chi connectivity index (χ1) is 12.2. The highest BCUT2D eigenvalue weighted by Gasteiger charge is 2.24. The SMILES string of the molecule is CN=C(NCc1ccccc1S(=O)(=O)NC(C)(C)C)NCC1CCCS1. The van der Waals surface area contributed by atoms with Crippen LogP contribution >= 0.6 is 11.8 Å². The van der Waals surface area contributed by atoms with E-state index >= 15 is 0 Å². The topological polar surface area (TPSA) is 82.6 Å². The molecular weight excluding hydrogens is 368 g/mol. The van der Waals surface area contributed by atoms with E-state index in [2.05, 4.69) is 20.3 Å². The third-order valence-electron chi connectivity index (χ3n) is 3.89. The largest absolute Gasteiger partial charge is 0.355 e. The lowest BCUT2D eigenvalue weighted by atomic mass is 10.1. The lowest BCUT2D eigenvalue weighted by Crippen LogP contribution is -2.42. The van der Waals surface area contributed by atoms with Gasteiger partial charge in [-0.25, -0.2) is 13.1 Å². The summed E-state index contributed by atoms with van der Waals surface area (Å²) in [6.07, 6.45) is 2.50. The number of sulfonamides is 1. The molecule has 1 heterocycles. The van der Waals surface area contributed by atoms with Crippen molar-refractivity contribution in [1.82, 2.24) is 15.4 Å². The van der Waals surface area contributed by atoms with Gasteiger partial charge >= 0.3 is 0 Å². The molecule has 1 aliphatic rings. The van der Waals surface area contributed by atoms with E-state index in [1.165, 1.54) is 18.6 Å². The number of rotatable bonds is 6. The van der Waals surface area contributed by atoms with Crippen LogP contribution in [-0.2, 0) is 16.6 Å². The molecular formula is C18H30N4O2S2. The maximum Gasteiger partial charge on any atom is 0.241 e. The van der Waals surface area contributed by atoms with Crippen LogP contribution in [0.2, 0.25) is 0 Å². The lowest BCUT2D eigenvalue weighted by molar-refractivity contribution is 0.491. The Hall–Kier alpha value is -1.25. The van der Waals surface area contributed by atoms with Crippen molar-refractivity contribution in [3.63, 3.8) is 0 Å². The number of thioether (sulfide) groups is 1. The molecule has 0 aliphatic carbocycles. The molecule has 3 N–H and O–H groups in total. The van der Waals surface area contributed by atoms with Crippen LogP contribution in [0.5, 0.6) is 0 Å². The van der Waals surface area contributed by atoms with Gasteiger partial charge in [-0.2, -0.15) is 11.8 Å². The van der Waals surface area contributed by atoms with E-state index in [1.54, 1.807) is 19.2 Å². The van der Waals surface area contributed by atoms with Crippen molar-refractivity contribution >= 4 is 27.7 Å². The Balaban J connectivity index is 2.02. The normalized spacial score (nSPS) is 18.8. The molecule has 2 rings (SSSR count). The summed E-state index contributed by atoms with van der Waals surface area (Å²) in [4.78, 5) is 4.53. The molecule has 1 saturated heterocycles. The molecule has 0 aromatic heterocycles. The van der Waals surface area contributed by atoms with Crippen LogP contribution < -0.4 is 15.4 Å². The molecule has 1 atom stereocenters. The molecule has 0 amide bonds. The van der Waals surface area contributed by atoms with E-state index in [-0.39, 0.29) is 0 Å². The second kappa shape index (κ2) is 9.10. The summed E-state index contributed by atoms with van der Waals surface area (Å²) in [6.45, 7) is 6.75. The minimum absolute atomic E-state index is 0.296. The Morgan fingerprint density at radius 2 is 2.00 bits per heavy atom. The average Bonchev–Trinajstić information content (AvgIpc) is 3.06. The third-order valence-corrected chi connectivity index (χ3v) is 7.15. The molecule has 1 aromatic rings. The van der Waals surface area contributed by atoms with Gasteiger partial charge in [0, 0.05) is 30.9 Å². The van der Waals surface area contributed by atoms with Crippen molar-refractivity contribution in [3.8, 4) is 0 Å². The first-order valence-corrected chi connectivity index (χ1v) is 11.4. The standard InChI is InChI=1S/C18H30N4O2S2/c1-18(2,3)22-26(23,24)16-10-6-5-8-14(16)12-20-17(19-4)21-13-15-9-7-11-25-15/h5-6,8,10,15,22H,7,9,11-13H2,1-4H3,(H2,19,20,21). The summed E-state index contributed by atoms with van der Waals surface area (Å²) in [6, 6.07) is 7.05. The van der Waals surface area contributed by atoms with Crippen LogP contribution in [0.3, 0.4) is 0 Å². The number of benzene rings is 1. The average molecular weight is 399 g/mol. The predicted molar refractivity (Wildman–Crippen MR) is 110 cm³/mol. The summed E-state index contributed by atoms with van der Waals surface area (Å²) in [5.41, 5.74) is 0.179. The highest BCUT2D eigenvalue weighted by atomic mass is 32.2. The van der Waals surface area contributed by atoms with Gasteiger partial charge < -0.3 is 10.6 Å². The predicted octanol–water partition coefficient (Wildman–Crippen LogP) is 2.32. The lowest BCUT2D eigenvalue weighted by Gasteiger charge is -2.22. The molecule has 8 heteroatoms. The highest BCUT2D eigenvalue weighted by molar-refractivity contribution is 8.00. The first-order valence-electron chi connectivity index (χ1n) is 8.89. The molecule has 0 radical (unpaired) electrons. The Morgan fingerprint density at radius 1 is 1.27 bits per heavy atom. The first kappa shape index (κ1) is 21.1. The van der Waals surface area contributed by atoms with E-state index in [4.69, 9.17) is 0 Å². The zero-order valence-electron chi connectivity index (χ0n) is 16.0. The zero-order valence-corrected chi connectivity index (χ0v) is 17.6. The second-order valence-electron chi connectivity index (χ2n) is 7.40.